The first-order valence-corrected chi connectivity index (χ1v) is 11.3. The summed E-state index contributed by atoms with van der Waals surface area (Å²) in [4.78, 5) is 10.3. The summed E-state index contributed by atoms with van der Waals surface area (Å²) in [6, 6.07) is 7.88. The lowest BCUT2D eigenvalue weighted by Gasteiger charge is -2.44. The summed E-state index contributed by atoms with van der Waals surface area (Å²) in [5.41, 5.74) is 6.79. The number of nitrogens with one attached hydrogen (secondary N) is 1. The highest BCUT2D eigenvalue weighted by Gasteiger charge is 2.38. The van der Waals surface area contributed by atoms with Crippen LogP contribution >= 0.6 is 0 Å². The Labute approximate surface area is 194 Å². The van der Waals surface area contributed by atoms with E-state index < -0.39 is 5.82 Å². The molecule has 0 spiro atoms. The van der Waals surface area contributed by atoms with Gasteiger partial charge in [-0.2, -0.15) is 10.2 Å². The van der Waals surface area contributed by atoms with Crippen molar-refractivity contribution in [2.75, 3.05) is 37.9 Å². The molecule has 0 amide bonds. The van der Waals surface area contributed by atoms with Gasteiger partial charge in [0, 0.05) is 24.4 Å². The highest BCUT2D eigenvalue weighted by Crippen LogP contribution is 2.37. The molecule has 4 rings (SSSR count). The van der Waals surface area contributed by atoms with E-state index in [1.165, 1.54) is 38.6 Å². The fourth-order valence-electron chi connectivity index (χ4n) is 4.47. The van der Waals surface area contributed by atoms with Gasteiger partial charge in [-0.05, 0) is 64.3 Å². The number of nitrogens with zero attached hydrogens (tertiary/aromatic N) is 4. The molecule has 2 aliphatic rings. The second kappa shape index (κ2) is 11.3. The molecule has 0 radical (unpaired) electrons. The van der Waals surface area contributed by atoms with Gasteiger partial charge >= 0.3 is 0 Å². The van der Waals surface area contributed by atoms with Gasteiger partial charge in [-0.3, -0.25) is 4.90 Å². The predicted molar refractivity (Wildman–Crippen MR) is 126 cm³/mol. The van der Waals surface area contributed by atoms with Gasteiger partial charge in [0.25, 0.3) is 0 Å². The Morgan fingerprint density at radius 2 is 2.09 bits per heavy atom. The quantitative estimate of drug-likeness (QED) is 0.621. The topological polar surface area (TPSA) is 109 Å². The molecule has 0 aliphatic carbocycles. The smallest absolute Gasteiger partial charge is 0.229 e. The van der Waals surface area contributed by atoms with E-state index in [0.29, 0.717) is 35.8 Å². The molecule has 0 saturated carbocycles. The third kappa shape index (κ3) is 6.53. The van der Waals surface area contributed by atoms with Gasteiger partial charge in [-0.1, -0.05) is 6.42 Å². The van der Waals surface area contributed by atoms with E-state index in [1.54, 1.807) is 25.3 Å². The van der Waals surface area contributed by atoms with Crippen LogP contribution in [0.3, 0.4) is 0 Å². The van der Waals surface area contributed by atoms with Crippen molar-refractivity contribution in [1.82, 2.24) is 14.9 Å². The Morgan fingerprint density at radius 1 is 1.30 bits per heavy atom. The Morgan fingerprint density at radius 3 is 2.79 bits per heavy atom. The van der Waals surface area contributed by atoms with Gasteiger partial charge in [-0.15, -0.1) is 0 Å². The standard InChI is InChI=1S/C14H14FN5O2.C10H19N/c1-21-4-5-22-12-3-2-10(6-9(12)7-16)19-14-18-8-11(15)13(17)20-14;1-10(2)7-3-5-9-6-4-8-11(9)10/h2-3,6,8H,4-5H2,1H3,(H3,17,18,19,20);9H,3-8H2,1-2H3/t;9-/m.1/s1. The number of hydrogen-bond acceptors (Lipinski definition) is 8. The molecule has 0 unspecified atom stereocenters. The van der Waals surface area contributed by atoms with Crippen LogP contribution < -0.4 is 15.8 Å². The number of nitriles is 1. The molecule has 2 aliphatic heterocycles. The summed E-state index contributed by atoms with van der Waals surface area (Å²) < 4.78 is 23.3. The number of fused-ring (bicyclic) bond motifs is 1. The number of aromatic nitrogens is 2. The van der Waals surface area contributed by atoms with Crippen LogP contribution in [-0.2, 0) is 4.74 Å². The maximum Gasteiger partial charge on any atom is 0.229 e. The molecule has 0 bridgehead atoms. The van der Waals surface area contributed by atoms with Crippen LogP contribution in [0.5, 0.6) is 5.75 Å². The molecule has 2 fully saturated rings. The maximum atomic E-state index is 13.0. The van der Waals surface area contributed by atoms with E-state index in [4.69, 9.17) is 20.5 Å². The lowest BCUT2D eigenvalue weighted by Crippen LogP contribution is -2.49. The van der Waals surface area contributed by atoms with Gasteiger partial charge in [0.15, 0.2) is 11.6 Å². The Balaban J connectivity index is 0.000000231. The SMILES string of the molecule is CC1(C)CCC[C@@H]2CCCN21.COCCOc1ccc(Nc2ncc(F)c(N)n2)cc1C#N. The zero-order chi connectivity index (χ0) is 23.8. The number of halogens is 1. The van der Waals surface area contributed by atoms with Crippen molar-refractivity contribution in [2.45, 2.75) is 57.5 Å². The first-order chi connectivity index (χ1) is 15.8. The van der Waals surface area contributed by atoms with E-state index in [0.717, 1.165) is 12.2 Å². The van der Waals surface area contributed by atoms with E-state index in [2.05, 4.69) is 34.0 Å². The number of anilines is 3. The third-order valence-electron chi connectivity index (χ3n) is 6.15. The third-order valence-corrected chi connectivity index (χ3v) is 6.15. The second-order valence-electron chi connectivity index (χ2n) is 8.91. The molecule has 3 N–H and O–H groups in total. The minimum absolute atomic E-state index is 0.135. The van der Waals surface area contributed by atoms with Crippen molar-refractivity contribution < 1.29 is 13.9 Å². The lowest BCUT2D eigenvalue weighted by molar-refractivity contribution is 0.0567. The zero-order valence-corrected chi connectivity index (χ0v) is 19.6. The molecule has 33 heavy (non-hydrogen) atoms. The van der Waals surface area contributed by atoms with Gasteiger partial charge < -0.3 is 20.5 Å². The summed E-state index contributed by atoms with van der Waals surface area (Å²) in [6.07, 6.45) is 8.19. The van der Waals surface area contributed by atoms with Gasteiger partial charge in [0.2, 0.25) is 5.95 Å². The number of nitrogen functional groups attached to an aromatic ring is 1. The minimum Gasteiger partial charge on any atom is -0.490 e. The molecule has 1 atom stereocenters. The van der Waals surface area contributed by atoms with E-state index in [9.17, 15) is 4.39 Å². The van der Waals surface area contributed by atoms with Crippen LogP contribution in [0.4, 0.5) is 21.8 Å². The number of hydrogen-bond donors (Lipinski definition) is 2. The summed E-state index contributed by atoms with van der Waals surface area (Å²) in [5.74, 6) is -0.358. The van der Waals surface area contributed by atoms with Gasteiger partial charge in [-0.25, -0.2) is 9.37 Å². The number of rotatable bonds is 6. The van der Waals surface area contributed by atoms with Crippen LogP contribution in [0, 0.1) is 17.1 Å². The fourth-order valence-corrected chi connectivity index (χ4v) is 4.47. The van der Waals surface area contributed by atoms with E-state index >= 15 is 0 Å². The summed E-state index contributed by atoms with van der Waals surface area (Å²) in [6.45, 7) is 6.94. The molecule has 2 saturated heterocycles. The van der Waals surface area contributed by atoms with Crippen molar-refractivity contribution in [3.05, 3.63) is 35.8 Å². The highest BCUT2D eigenvalue weighted by atomic mass is 19.1. The number of benzene rings is 1. The van der Waals surface area contributed by atoms with Crippen molar-refractivity contribution in [2.24, 2.45) is 0 Å². The molecule has 9 heteroatoms. The molecular weight excluding hydrogens is 423 g/mol. The van der Waals surface area contributed by atoms with Crippen molar-refractivity contribution in [3.8, 4) is 11.8 Å². The van der Waals surface area contributed by atoms with Crippen LogP contribution in [0.25, 0.3) is 0 Å². The van der Waals surface area contributed by atoms with Crippen LogP contribution in [-0.4, -0.2) is 53.3 Å². The molecule has 178 valence electrons. The van der Waals surface area contributed by atoms with E-state index in [-0.39, 0.29) is 11.8 Å². The summed E-state index contributed by atoms with van der Waals surface area (Å²) >= 11 is 0. The second-order valence-corrected chi connectivity index (χ2v) is 8.91. The lowest BCUT2D eigenvalue weighted by atomic mass is 9.87. The Kier molecular flexibility index (Phi) is 8.42. The normalized spacial score (nSPS) is 19.1. The molecule has 3 heterocycles. The molecule has 1 aromatic carbocycles. The Bertz CT molecular complexity index is 978. The Hall–Kier alpha value is -2.96. The molecule has 1 aromatic heterocycles. The number of methoxy groups -OCH3 is 1. The van der Waals surface area contributed by atoms with E-state index in [1.807, 2.05) is 6.07 Å². The first kappa shape index (κ1) is 24.7. The monoisotopic (exact) mass is 456 g/mol. The summed E-state index contributed by atoms with van der Waals surface area (Å²) in [5, 5.41) is 12.0. The minimum atomic E-state index is -0.690. The average molecular weight is 457 g/mol. The predicted octanol–water partition coefficient (Wildman–Crippen LogP) is 4.25. The van der Waals surface area contributed by atoms with Crippen molar-refractivity contribution in [3.63, 3.8) is 0 Å². The zero-order valence-electron chi connectivity index (χ0n) is 19.6. The largest absolute Gasteiger partial charge is 0.490 e. The van der Waals surface area contributed by atoms with Crippen LogP contribution in [0.1, 0.15) is 51.5 Å². The number of ether oxygens (including phenoxy) is 2. The van der Waals surface area contributed by atoms with Crippen LogP contribution in [0.2, 0.25) is 0 Å². The fraction of sp³-hybridized carbons (Fsp3) is 0.542. The van der Waals surface area contributed by atoms with Crippen molar-refractivity contribution >= 4 is 17.5 Å². The number of nitrogens with two attached hydrogens (primary N) is 1. The maximum absolute atomic E-state index is 13.0. The molecule has 8 nitrogen and oxygen atoms in total. The number of piperidine rings is 1. The summed E-state index contributed by atoms with van der Waals surface area (Å²) in [7, 11) is 1.57. The molecule has 2 aromatic rings. The van der Waals surface area contributed by atoms with Crippen LogP contribution in [0.15, 0.2) is 24.4 Å². The molecular formula is C24H33FN6O2. The van der Waals surface area contributed by atoms with Crippen molar-refractivity contribution in [1.29, 1.82) is 5.26 Å². The average Bonchev–Trinajstić information content (AvgIpc) is 3.28. The first-order valence-electron chi connectivity index (χ1n) is 11.3. The van der Waals surface area contributed by atoms with Gasteiger partial charge in [0.05, 0.1) is 18.4 Å². The highest BCUT2D eigenvalue weighted by molar-refractivity contribution is 5.60. The van der Waals surface area contributed by atoms with Gasteiger partial charge in [0.1, 0.15) is 18.4 Å².